The average molecular weight is 425 g/mol. The van der Waals surface area contributed by atoms with E-state index in [-0.39, 0.29) is 36.3 Å². The number of hydrogen-bond acceptors (Lipinski definition) is 5. The Hall–Kier alpha value is -3.00. The summed E-state index contributed by atoms with van der Waals surface area (Å²) in [6.45, 7) is 4.54. The van der Waals surface area contributed by atoms with Crippen LogP contribution in [0.4, 0.5) is 5.69 Å². The Kier molecular flexibility index (Phi) is 5.67. The quantitative estimate of drug-likeness (QED) is 0.609. The lowest BCUT2D eigenvalue weighted by Crippen LogP contribution is -2.27. The number of anilines is 1. The molecule has 1 aliphatic carbocycles. The van der Waals surface area contributed by atoms with Gasteiger partial charge >= 0.3 is 0 Å². The van der Waals surface area contributed by atoms with E-state index in [4.69, 9.17) is 0 Å². The number of aromatic nitrogens is 2. The van der Waals surface area contributed by atoms with Crippen molar-refractivity contribution in [1.29, 1.82) is 0 Å². The standard InChI is InChI=1S/C22H24N4O3S/c1-13-14(2)30-21-19(13)22(29)26(12-24-21)9-8-18(27)23-11-15-4-3-5-17(10-15)25-20(28)16-6-7-16/h3-5,10,12,16H,6-9,11H2,1-2H3,(H,23,27)(H,25,28). The van der Waals surface area contributed by atoms with Gasteiger partial charge in [-0.2, -0.15) is 0 Å². The first-order chi connectivity index (χ1) is 14.4. The van der Waals surface area contributed by atoms with E-state index in [9.17, 15) is 14.4 Å². The van der Waals surface area contributed by atoms with Crippen LogP contribution in [0.3, 0.4) is 0 Å². The summed E-state index contributed by atoms with van der Waals surface area (Å²) < 4.78 is 1.50. The number of benzene rings is 1. The largest absolute Gasteiger partial charge is 0.352 e. The van der Waals surface area contributed by atoms with Crippen LogP contribution in [0.2, 0.25) is 0 Å². The van der Waals surface area contributed by atoms with Crippen molar-refractivity contribution < 1.29 is 9.59 Å². The second-order valence-corrected chi connectivity index (χ2v) is 8.90. The summed E-state index contributed by atoms with van der Waals surface area (Å²) in [4.78, 5) is 43.1. The third-order valence-corrected chi connectivity index (χ3v) is 6.48. The molecular weight excluding hydrogens is 400 g/mol. The normalized spacial score (nSPS) is 13.4. The molecule has 0 unspecified atom stereocenters. The summed E-state index contributed by atoms with van der Waals surface area (Å²) in [5.74, 6) is 0.0585. The number of rotatable bonds is 7. The summed E-state index contributed by atoms with van der Waals surface area (Å²) in [5, 5.41) is 6.43. The Morgan fingerprint density at radius 2 is 2.07 bits per heavy atom. The highest BCUT2D eigenvalue weighted by Crippen LogP contribution is 2.30. The number of carbonyl (C=O) groups is 2. The minimum absolute atomic E-state index is 0.0586. The van der Waals surface area contributed by atoms with Crippen LogP contribution < -0.4 is 16.2 Å². The molecule has 0 aliphatic heterocycles. The van der Waals surface area contributed by atoms with Gasteiger partial charge in [-0.3, -0.25) is 19.0 Å². The van der Waals surface area contributed by atoms with Gasteiger partial charge in [0.1, 0.15) is 4.83 Å². The van der Waals surface area contributed by atoms with Crippen molar-refractivity contribution in [3.63, 3.8) is 0 Å². The van der Waals surface area contributed by atoms with E-state index in [2.05, 4.69) is 15.6 Å². The maximum Gasteiger partial charge on any atom is 0.262 e. The number of aryl methyl sites for hydroxylation is 3. The van der Waals surface area contributed by atoms with E-state index in [0.29, 0.717) is 11.9 Å². The van der Waals surface area contributed by atoms with Crippen LogP contribution in [0.1, 0.15) is 35.3 Å². The van der Waals surface area contributed by atoms with Crippen molar-refractivity contribution in [3.8, 4) is 0 Å². The Morgan fingerprint density at radius 3 is 2.83 bits per heavy atom. The molecule has 30 heavy (non-hydrogen) atoms. The molecule has 2 heterocycles. The minimum atomic E-state index is -0.146. The van der Waals surface area contributed by atoms with Crippen LogP contribution in [0.25, 0.3) is 10.2 Å². The van der Waals surface area contributed by atoms with Crippen LogP contribution in [-0.2, 0) is 22.7 Å². The van der Waals surface area contributed by atoms with E-state index in [1.807, 2.05) is 38.1 Å². The molecule has 4 rings (SSSR count). The van der Waals surface area contributed by atoms with Gasteiger partial charge in [0.2, 0.25) is 11.8 Å². The number of nitrogens with one attached hydrogen (secondary N) is 2. The van der Waals surface area contributed by atoms with Crippen LogP contribution in [-0.4, -0.2) is 21.4 Å². The van der Waals surface area contributed by atoms with Gasteiger partial charge in [0.05, 0.1) is 11.7 Å². The third kappa shape index (κ3) is 4.43. The van der Waals surface area contributed by atoms with Crippen LogP contribution in [0.5, 0.6) is 0 Å². The number of carbonyl (C=O) groups excluding carboxylic acids is 2. The number of hydrogen-bond donors (Lipinski definition) is 2. The monoisotopic (exact) mass is 424 g/mol. The zero-order valence-electron chi connectivity index (χ0n) is 17.0. The summed E-state index contributed by atoms with van der Waals surface area (Å²) in [6.07, 6.45) is 3.62. The molecule has 0 saturated heterocycles. The van der Waals surface area contributed by atoms with E-state index >= 15 is 0 Å². The fourth-order valence-electron chi connectivity index (χ4n) is 3.29. The highest BCUT2D eigenvalue weighted by molar-refractivity contribution is 7.18. The molecule has 0 atom stereocenters. The fraction of sp³-hybridized carbons (Fsp3) is 0.364. The second-order valence-electron chi connectivity index (χ2n) is 7.70. The third-order valence-electron chi connectivity index (χ3n) is 5.37. The summed E-state index contributed by atoms with van der Waals surface area (Å²) in [7, 11) is 0. The van der Waals surface area contributed by atoms with Gasteiger partial charge in [0, 0.05) is 36.0 Å². The molecule has 0 spiro atoms. The first-order valence-electron chi connectivity index (χ1n) is 10.0. The average Bonchev–Trinajstić information content (AvgIpc) is 3.53. The smallest absolute Gasteiger partial charge is 0.262 e. The number of nitrogens with zero attached hydrogens (tertiary/aromatic N) is 2. The van der Waals surface area contributed by atoms with Gasteiger partial charge in [-0.1, -0.05) is 12.1 Å². The predicted octanol–water partition coefficient (Wildman–Crippen LogP) is 3.13. The van der Waals surface area contributed by atoms with Crippen LogP contribution in [0, 0.1) is 19.8 Å². The fourth-order valence-corrected chi connectivity index (χ4v) is 4.28. The lowest BCUT2D eigenvalue weighted by atomic mass is 10.2. The molecule has 3 aromatic rings. The number of amides is 2. The molecular formula is C22H24N4O3S. The van der Waals surface area contributed by atoms with Crippen LogP contribution >= 0.6 is 11.3 Å². The van der Waals surface area contributed by atoms with E-state index < -0.39 is 0 Å². The summed E-state index contributed by atoms with van der Waals surface area (Å²) in [6, 6.07) is 7.46. The minimum Gasteiger partial charge on any atom is -0.352 e. The van der Waals surface area contributed by atoms with Crippen molar-refractivity contribution in [3.05, 3.63) is 57.0 Å². The Labute approximate surface area is 178 Å². The second kappa shape index (κ2) is 8.39. The maximum atomic E-state index is 12.7. The molecule has 2 amide bonds. The highest BCUT2D eigenvalue weighted by atomic mass is 32.1. The Bertz CT molecular complexity index is 1180. The molecule has 1 aromatic carbocycles. The molecule has 2 aromatic heterocycles. The van der Waals surface area contributed by atoms with Gasteiger partial charge in [-0.25, -0.2) is 4.98 Å². The topological polar surface area (TPSA) is 93.1 Å². The van der Waals surface area contributed by atoms with Crippen molar-refractivity contribution in [2.75, 3.05) is 5.32 Å². The zero-order chi connectivity index (χ0) is 21.3. The van der Waals surface area contributed by atoms with Gasteiger partial charge in [-0.05, 0) is 49.9 Å². The molecule has 8 heteroatoms. The zero-order valence-corrected chi connectivity index (χ0v) is 17.8. The lowest BCUT2D eigenvalue weighted by molar-refractivity contribution is -0.121. The molecule has 0 bridgehead atoms. The number of fused-ring (bicyclic) bond motifs is 1. The van der Waals surface area contributed by atoms with Crippen molar-refractivity contribution in [1.82, 2.24) is 14.9 Å². The molecule has 156 valence electrons. The van der Waals surface area contributed by atoms with E-state index in [0.717, 1.165) is 39.4 Å². The molecule has 2 N–H and O–H groups in total. The first-order valence-corrected chi connectivity index (χ1v) is 10.9. The van der Waals surface area contributed by atoms with Gasteiger partial charge < -0.3 is 10.6 Å². The molecule has 1 saturated carbocycles. The van der Waals surface area contributed by atoms with Crippen LogP contribution in [0.15, 0.2) is 35.4 Å². The lowest BCUT2D eigenvalue weighted by Gasteiger charge is -2.09. The first kappa shape index (κ1) is 20.3. The van der Waals surface area contributed by atoms with Crippen molar-refractivity contribution >= 4 is 39.1 Å². The summed E-state index contributed by atoms with van der Waals surface area (Å²) >= 11 is 1.51. The van der Waals surface area contributed by atoms with Gasteiger partial charge in [0.15, 0.2) is 0 Å². The highest BCUT2D eigenvalue weighted by Gasteiger charge is 2.29. The van der Waals surface area contributed by atoms with E-state index in [1.54, 1.807) is 0 Å². The van der Waals surface area contributed by atoms with Crippen molar-refractivity contribution in [2.24, 2.45) is 5.92 Å². The van der Waals surface area contributed by atoms with Gasteiger partial charge in [0.25, 0.3) is 5.56 Å². The van der Waals surface area contributed by atoms with E-state index in [1.165, 1.54) is 22.2 Å². The number of thiophene rings is 1. The van der Waals surface area contributed by atoms with Gasteiger partial charge in [-0.15, -0.1) is 11.3 Å². The van der Waals surface area contributed by atoms with Crippen molar-refractivity contribution in [2.45, 2.75) is 46.2 Å². The SMILES string of the molecule is Cc1sc2ncn(CCC(=O)NCc3cccc(NC(=O)C4CC4)c3)c(=O)c2c1C. The molecule has 0 radical (unpaired) electrons. The Morgan fingerprint density at radius 1 is 1.27 bits per heavy atom. The summed E-state index contributed by atoms with van der Waals surface area (Å²) in [5.41, 5.74) is 2.50. The Balaban J connectivity index is 1.33. The molecule has 1 fully saturated rings. The maximum absolute atomic E-state index is 12.7. The molecule has 7 nitrogen and oxygen atoms in total. The molecule has 1 aliphatic rings. The predicted molar refractivity (Wildman–Crippen MR) is 118 cm³/mol.